The van der Waals surface area contributed by atoms with Crippen LogP contribution in [0.25, 0.3) is 0 Å². The summed E-state index contributed by atoms with van der Waals surface area (Å²) in [4.78, 5) is 20.5. The van der Waals surface area contributed by atoms with Gasteiger partial charge in [-0.3, -0.25) is 14.9 Å². The third kappa shape index (κ3) is 4.66. The van der Waals surface area contributed by atoms with Crippen LogP contribution in [0.2, 0.25) is 5.02 Å². The predicted octanol–water partition coefficient (Wildman–Crippen LogP) is 0.930. The maximum atomic E-state index is 11.8. The van der Waals surface area contributed by atoms with Crippen LogP contribution in [-0.4, -0.2) is 66.2 Å². The number of anilines is 1. The lowest BCUT2D eigenvalue weighted by Gasteiger charge is -2.36. The molecule has 1 aromatic heterocycles. The number of hydrogen-bond acceptors (Lipinski definition) is 4. The SMILES string of the molecule is NC(=NCCNC(=O)c1ccn[nH]1)N1CCN(c2ccc(Cl)cc2)CC1. The van der Waals surface area contributed by atoms with Crippen molar-refractivity contribution in [2.24, 2.45) is 10.7 Å². The van der Waals surface area contributed by atoms with Gasteiger partial charge in [0, 0.05) is 49.6 Å². The molecular weight excluding hydrogens is 354 g/mol. The zero-order valence-corrected chi connectivity index (χ0v) is 15.1. The molecule has 1 saturated heterocycles. The summed E-state index contributed by atoms with van der Waals surface area (Å²) in [5.74, 6) is 0.310. The molecule has 0 saturated carbocycles. The number of carbonyl (C=O) groups is 1. The summed E-state index contributed by atoms with van der Waals surface area (Å²) >= 11 is 5.93. The number of benzene rings is 1. The largest absolute Gasteiger partial charge is 0.370 e. The molecule has 1 aliphatic heterocycles. The molecule has 0 radical (unpaired) electrons. The van der Waals surface area contributed by atoms with Crippen molar-refractivity contribution in [3.05, 3.63) is 47.2 Å². The minimum Gasteiger partial charge on any atom is -0.370 e. The lowest BCUT2D eigenvalue weighted by Crippen LogP contribution is -2.51. The Hall–Kier alpha value is -2.74. The fourth-order valence-corrected chi connectivity index (χ4v) is 2.89. The van der Waals surface area contributed by atoms with Crippen molar-refractivity contribution < 1.29 is 4.79 Å². The number of H-pyrrole nitrogens is 1. The molecule has 2 aromatic rings. The molecule has 0 bridgehead atoms. The molecule has 1 fully saturated rings. The van der Waals surface area contributed by atoms with Gasteiger partial charge in [-0.1, -0.05) is 11.6 Å². The summed E-state index contributed by atoms with van der Waals surface area (Å²) in [6.07, 6.45) is 1.54. The Morgan fingerprint density at radius 1 is 1.23 bits per heavy atom. The number of nitrogens with two attached hydrogens (primary N) is 1. The second-order valence-electron chi connectivity index (χ2n) is 5.92. The van der Waals surface area contributed by atoms with Gasteiger partial charge in [0.2, 0.25) is 0 Å². The minimum atomic E-state index is -0.201. The molecule has 2 heterocycles. The maximum Gasteiger partial charge on any atom is 0.269 e. The van der Waals surface area contributed by atoms with Crippen molar-refractivity contribution in [2.75, 3.05) is 44.2 Å². The molecule has 8 nitrogen and oxygen atoms in total. The maximum absolute atomic E-state index is 11.8. The van der Waals surface area contributed by atoms with E-state index in [0.29, 0.717) is 24.7 Å². The Morgan fingerprint density at radius 2 is 1.96 bits per heavy atom. The molecule has 0 atom stereocenters. The van der Waals surface area contributed by atoms with Gasteiger partial charge in [-0.05, 0) is 30.3 Å². The van der Waals surface area contributed by atoms with Crippen LogP contribution in [0, 0.1) is 0 Å². The first kappa shape index (κ1) is 18.1. The number of hydrogen-bond donors (Lipinski definition) is 3. The number of carbonyl (C=O) groups excluding carboxylic acids is 1. The summed E-state index contributed by atoms with van der Waals surface area (Å²) in [5.41, 5.74) is 7.66. The van der Waals surface area contributed by atoms with Gasteiger partial charge in [0.1, 0.15) is 5.69 Å². The third-order valence-electron chi connectivity index (χ3n) is 4.21. The van der Waals surface area contributed by atoms with E-state index in [1.54, 1.807) is 6.07 Å². The zero-order chi connectivity index (χ0) is 18.4. The minimum absolute atomic E-state index is 0.201. The van der Waals surface area contributed by atoms with Gasteiger partial charge in [-0.15, -0.1) is 0 Å². The van der Waals surface area contributed by atoms with E-state index in [4.69, 9.17) is 17.3 Å². The van der Waals surface area contributed by atoms with E-state index in [-0.39, 0.29) is 5.91 Å². The highest BCUT2D eigenvalue weighted by Crippen LogP contribution is 2.19. The Morgan fingerprint density at radius 3 is 2.62 bits per heavy atom. The van der Waals surface area contributed by atoms with Crippen molar-refractivity contribution in [1.29, 1.82) is 0 Å². The molecule has 1 aliphatic rings. The molecule has 1 aromatic carbocycles. The third-order valence-corrected chi connectivity index (χ3v) is 4.46. The molecule has 9 heteroatoms. The van der Waals surface area contributed by atoms with Crippen molar-refractivity contribution in [1.82, 2.24) is 20.4 Å². The van der Waals surface area contributed by atoms with Crippen LogP contribution < -0.4 is 16.0 Å². The lowest BCUT2D eigenvalue weighted by molar-refractivity contribution is 0.0950. The number of piperazine rings is 1. The van der Waals surface area contributed by atoms with Crippen LogP contribution in [0.15, 0.2) is 41.5 Å². The highest BCUT2D eigenvalue weighted by Gasteiger charge is 2.18. The quantitative estimate of drug-likeness (QED) is 0.410. The van der Waals surface area contributed by atoms with Gasteiger partial charge in [0.05, 0.1) is 6.54 Å². The normalized spacial score (nSPS) is 15.2. The van der Waals surface area contributed by atoms with E-state index < -0.39 is 0 Å². The molecule has 0 aliphatic carbocycles. The number of aliphatic imine (C=N–C) groups is 1. The van der Waals surface area contributed by atoms with Crippen LogP contribution in [0.3, 0.4) is 0 Å². The summed E-state index contributed by atoms with van der Waals surface area (Å²) in [6.45, 7) is 4.20. The van der Waals surface area contributed by atoms with Crippen molar-refractivity contribution in [2.45, 2.75) is 0 Å². The number of aromatic nitrogens is 2. The van der Waals surface area contributed by atoms with E-state index in [1.807, 2.05) is 24.3 Å². The number of rotatable bonds is 5. The van der Waals surface area contributed by atoms with Crippen molar-refractivity contribution in [3.63, 3.8) is 0 Å². The number of aromatic amines is 1. The number of halogens is 1. The fraction of sp³-hybridized carbons (Fsp3) is 0.353. The summed E-state index contributed by atoms with van der Waals surface area (Å²) < 4.78 is 0. The highest BCUT2D eigenvalue weighted by atomic mass is 35.5. The molecule has 26 heavy (non-hydrogen) atoms. The van der Waals surface area contributed by atoms with Gasteiger partial charge in [-0.2, -0.15) is 5.10 Å². The topological polar surface area (TPSA) is 103 Å². The standard InChI is InChI=1S/C17H22ClN7O/c18-13-1-3-14(4-2-13)24-9-11-25(12-10-24)17(19)21-8-7-20-16(26)15-5-6-22-23-15/h1-6H,7-12H2,(H2,19,21)(H,20,26)(H,22,23). The molecule has 4 N–H and O–H groups in total. The number of nitrogens with zero attached hydrogens (tertiary/aromatic N) is 4. The lowest BCUT2D eigenvalue weighted by atomic mass is 10.2. The number of nitrogens with one attached hydrogen (secondary N) is 2. The summed E-state index contributed by atoms with van der Waals surface area (Å²) in [5, 5.41) is 9.86. The first-order valence-corrected chi connectivity index (χ1v) is 8.84. The van der Waals surface area contributed by atoms with Crippen LogP contribution in [0.4, 0.5) is 5.69 Å². The Kier molecular flexibility index (Phi) is 5.96. The predicted molar refractivity (Wildman–Crippen MR) is 103 cm³/mol. The van der Waals surface area contributed by atoms with Crippen LogP contribution in [0.1, 0.15) is 10.5 Å². The Balaban J connectivity index is 1.41. The summed E-state index contributed by atoms with van der Waals surface area (Å²) in [7, 11) is 0. The van der Waals surface area contributed by atoms with Gasteiger partial charge in [0.15, 0.2) is 5.96 Å². The molecular formula is C17H22ClN7O. The van der Waals surface area contributed by atoms with Gasteiger partial charge >= 0.3 is 0 Å². The smallest absolute Gasteiger partial charge is 0.269 e. The average Bonchev–Trinajstić information content (AvgIpc) is 3.20. The van der Waals surface area contributed by atoms with Gasteiger partial charge in [0.25, 0.3) is 5.91 Å². The molecule has 0 unspecified atom stereocenters. The molecule has 1 amide bonds. The first-order valence-electron chi connectivity index (χ1n) is 8.46. The molecule has 0 spiro atoms. The van der Waals surface area contributed by atoms with E-state index in [1.165, 1.54) is 6.20 Å². The van der Waals surface area contributed by atoms with Crippen LogP contribution >= 0.6 is 11.6 Å². The number of amides is 1. The van der Waals surface area contributed by atoms with E-state index >= 15 is 0 Å². The number of guanidine groups is 1. The van der Waals surface area contributed by atoms with Crippen LogP contribution in [-0.2, 0) is 0 Å². The fourth-order valence-electron chi connectivity index (χ4n) is 2.76. The summed E-state index contributed by atoms with van der Waals surface area (Å²) in [6, 6.07) is 9.47. The van der Waals surface area contributed by atoms with Gasteiger partial charge in [-0.25, -0.2) is 0 Å². The zero-order valence-electron chi connectivity index (χ0n) is 14.4. The second-order valence-corrected chi connectivity index (χ2v) is 6.35. The molecule has 3 rings (SSSR count). The second kappa shape index (κ2) is 8.57. The Labute approximate surface area is 157 Å². The van der Waals surface area contributed by atoms with Crippen molar-refractivity contribution >= 4 is 29.2 Å². The van der Waals surface area contributed by atoms with Crippen molar-refractivity contribution in [3.8, 4) is 0 Å². The monoisotopic (exact) mass is 375 g/mol. The first-order chi connectivity index (χ1) is 12.6. The highest BCUT2D eigenvalue weighted by molar-refractivity contribution is 6.30. The Bertz CT molecular complexity index is 737. The van der Waals surface area contributed by atoms with Gasteiger partial charge < -0.3 is 20.9 Å². The molecule has 138 valence electrons. The van der Waals surface area contributed by atoms with E-state index in [9.17, 15) is 4.79 Å². The average molecular weight is 376 g/mol. The van der Waals surface area contributed by atoms with E-state index in [2.05, 4.69) is 30.3 Å². The van der Waals surface area contributed by atoms with Crippen LogP contribution in [0.5, 0.6) is 0 Å². The van der Waals surface area contributed by atoms with E-state index in [0.717, 1.165) is 36.9 Å².